The van der Waals surface area contributed by atoms with Gasteiger partial charge in [-0.25, -0.2) is 23.5 Å². The molecule has 0 saturated heterocycles. The monoisotopic (exact) mass is 567 g/mol. The molecule has 1 unspecified atom stereocenters. The summed E-state index contributed by atoms with van der Waals surface area (Å²) < 4.78 is 25.6. The number of aromatic nitrogens is 3. The van der Waals surface area contributed by atoms with Crippen LogP contribution in [0.4, 0.5) is 0 Å². The van der Waals surface area contributed by atoms with Gasteiger partial charge in [-0.05, 0) is 52.5 Å². The number of benzene rings is 1. The first-order chi connectivity index (χ1) is 19.5. The van der Waals surface area contributed by atoms with Gasteiger partial charge in [-0.3, -0.25) is 4.79 Å². The number of aliphatic hydroxyl groups is 1. The number of methoxy groups -OCH3 is 1. The predicted octanol–water partition coefficient (Wildman–Crippen LogP) is 3.45. The lowest BCUT2D eigenvalue weighted by atomic mass is 9.94. The molecule has 1 atom stereocenters. The Kier molecular flexibility index (Phi) is 7.62. The number of carbonyl (C=O) groups is 1. The second-order valence-electron chi connectivity index (χ2n) is 10.8. The van der Waals surface area contributed by atoms with Crippen molar-refractivity contribution in [2.45, 2.75) is 76.7 Å². The van der Waals surface area contributed by atoms with Crippen LogP contribution in [0.25, 0.3) is 17.4 Å². The van der Waals surface area contributed by atoms with Gasteiger partial charge in [-0.15, -0.1) is 0 Å². The second kappa shape index (κ2) is 11.0. The molecule has 0 radical (unpaired) electrons. The van der Waals surface area contributed by atoms with Crippen molar-refractivity contribution in [2.24, 2.45) is 0 Å². The van der Waals surface area contributed by atoms with Crippen molar-refractivity contribution in [3.8, 4) is 17.4 Å². The van der Waals surface area contributed by atoms with E-state index in [4.69, 9.17) is 18.3 Å². The molecule has 2 N–H and O–H groups in total. The molecule has 1 aromatic carbocycles. The molecule has 5 rings (SSSR count). The Hall–Kier alpha value is -4.16. The van der Waals surface area contributed by atoms with Crippen LogP contribution in [-0.2, 0) is 21.5 Å². The number of hydrogen-bond donors (Lipinski definition) is 2. The van der Waals surface area contributed by atoms with Crippen LogP contribution in [0.15, 0.2) is 55.1 Å². The highest BCUT2D eigenvalue weighted by Crippen LogP contribution is 2.35. The van der Waals surface area contributed by atoms with Crippen LogP contribution in [0.5, 0.6) is 5.75 Å². The van der Waals surface area contributed by atoms with Gasteiger partial charge in [0.05, 0.1) is 42.9 Å². The van der Waals surface area contributed by atoms with Crippen LogP contribution in [0.1, 0.15) is 62.5 Å². The Labute approximate surface area is 234 Å². The zero-order chi connectivity index (χ0) is 29.5. The molecule has 1 aliphatic rings. The molecule has 3 heterocycles. The number of oxazole rings is 2. The number of aliphatic hydroxyl groups excluding tert-OH is 1. The summed E-state index contributed by atoms with van der Waals surface area (Å²) in [6.45, 7) is 4.19. The average molecular weight is 568 g/mol. The maximum Gasteiger partial charge on any atom is 0.339 e. The van der Waals surface area contributed by atoms with Crippen LogP contribution in [0.3, 0.4) is 0 Å². The third-order valence-electron chi connectivity index (χ3n) is 7.75. The number of fused-ring (bicyclic) bond motifs is 1. The van der Waals surface area contributed by atoms with E-state index in [1.807, 2.05) is 18.2 Å². The van der Waals surface area contributed by atoms with Crippen molar-refractivity contribution in [3.05, 3.63) is 74.4 Å². The predicted molar refractivity (Wildman–Crippen MR) is 146 cm³/mol. The molecule has 12 heteroatoms. The molecule has 1 fully saturated rings. The number of ether oxygens (including phenoxy) is 2. The Morgan fingerprint density at radius 3 is 2.54 bits per heavy atom. The van der Waals surface area contributed by atoms with E-state index < -0.39 is 28.9 Å². The van der Waals surface area contributed by atoms with Gasteiger partial charge >= 0.3 is 11.7 Å². The summed E-state index contributed by atoms with van der Waals surface area (Å²) in [7, 11) is 1.54. The molecule has 0 amide bonds. The molecule has 41 heavy (non-hydrogen) atoms. The number of rotatable bonds is 9. The first kappa shape index (κ1) is 28.4. The van der Waals surface area contributed by atoms with Crippen molar-refractivity contribution in [3.63, 3.8) is 0 Å². The number of aryl methyl sites for hydroxylation is 1. The number of aliphatic carboxylic acids is 1. The minimum absolute atomic E-state index is 0.0478. The van der Waals surface area contributed by atoms with E-state index in [1.54, 1.807) is 13.0 Å². The lowest BCUT2D eigenvalue weighted by Gasteiger charge is -2.30. The van der Waals surface area contributed by atoms with Crippen molar-refractivity contribution >= 4 is 11.7 Å². The van der Waals surface area contributed by atoms with Gasteiger partial charge in [-0.2, -0.15) is 0 Å². The second-order valence-corrected chi connectivity index (χ2v) is 10.8. The summed E-state index contributed by atoms with van der Waals surface area (Å²) >= 11 is 0. The molecule has 0 aliphatic heterocycles. The third kappa shape index (κ3) is 5.08. The molecule has 1 aliphatic carbocycles. The van der Waals surface area contributed by atoms with Gasteiger partial charge in [0.2, 0.25) is 11.5 Å². The van der Waals surface area contributed by atoms with Gasteiger partial charge in [-0.1, -0.05) is 18.2 Å². The normalized spacial score (nSPS) is 18.5. The highest BCUT2D eigenvalue weighted by molar-refractivity contribution is 5.75. The van der Waals surface area contributed by atoms with E-state index >= 15 is 0 Å². The van der Waals surface area contributed by atoms with E-state index in [0.717, 1.165) is 4.57 Å². The van der Waals surface area contributed by atoms with Crippen LogP contribution < -0.4 is 16.0 Å². The van der Waals surface area contributed by atoms with Gasteiger partial charge in [0.25, 0.3) is 11.4 Å². The Balaban J connectivity index is 1.74. The van der Waals surface area contributed by atoms with E-state index in [2.05, 4.69) is 4.98 Å². The Bertz CT molecular complexity index is 1670. The van der Waals surface area contributed by atoms with E-state index in [-0.39, 0.29) is 41.6 Å². The minimum atomic E-state index is -1.88. The van der Waals surface area contributed by atoms with Gasteiger partial charge in [0.1, 0.15) is 17.6 Å². The largest absolute Gasteiger partial charge is 0.496 e. The summed E-state index contributed by atoms with van der Waals surface area (Å²) in [6.07, 6.45) is 3.83. The van der Waals surface area contributed by atoms with Gasteiger partial charge in [0, 0.05) is 12.0 Å². The first-order valence-corrected chi connectivity index (χ1v) is 13.4. The van der Waals surface area contributed by atoms with Crippen LogP contribution >= 0.6 is 0 Å². The van der Waals surface area contributed by atoms with Crippen molar-refractivity contribution in [1.29, 1.82) is 0 Å². The molecular weight excluding hydrogens is 534 g/mol. The fourth-order valence-corrected chi connectivity index (χ4v) is 5.37. The molecule has 1 saturated carbocycles. The number of para-hydroxylation sites is 1. The average Bonchev–Trinajstić information content (AvgIpc) is 3.59. The number of carboxylic acids is 1. The van der Waals surface area contributed by atoms with Gasteiger partial charge in [0.15, 0.2) is 0 Å². The summed E-state index contributed by atoms with van der Waals surface area (Å²) in [5.74, 6) is -0.573. The smallest absolute Gasteiger partial charge is 0.339 e. The molecule has 0 bridgehead atoms. The number of nitrogens with zero attached hydrogens (tertiary/aromatic N) is 3. The SMILES string of the molecule is COc1ccccc1C(Cc1c(=O)n(C(C)(C)C(=O)O)c(=O)n2c(C)c(-c3ncco3)oc12)OC1CCC(O)CC1. The fourth-order valence-electron chi connectivity index (χ4n) is 5.37. The van der Waals surface area contributed by atoms with E-state index in [1.165, 1.54) is 37.8 Å². The summed E-state index contributed by atoms with van der Waals surface area (Å²) in [5, 5.41) is 20.0. The molecule has 12 nitrogen and oxygen atoms in total. The van der Waals surface area contributed by atoms with Crippen LogP contribution in [0, 0.1) is 6.92 Å². The maximum atomic E-state index is 14.1. The highest BCUT2D eigenvalue weighted by Gasteiger charge is 2.37. The quantitative estimate of drug-likeness (QED) is 0.307. The molecule has 218 valence electrons. The molecule has 4 aromatic rings. The van der Waals surface area contributed by atoms with Crippen LogP contribution in [-0.4, -0.2) is 49.5 Å². The van der Waals surface area contributed by atoms with Crippen molar-refractivity contribution < 1.29 is 33.3 Å². The van der Waals surface area contributed by atoms with Crippen molar-refractivity contribution in [2.75, 3.05) is 7.11 Å². The summed E-state index contributed by atoms with van der Waals surface area (Å²) in [5.41, 5.74) is -2.59. The lowest BCUT2D eigenvalue weighted by molar-refractivity contribution is -0.146. The van der Waals surface area contributed by atoms with Crippen LogP contribution in [0.2, 0.25) is 0 Å². The fraction of sp³-hybridized carbons (Fsp3) is 0.448. The van der Waals surface area contributed by atoms with Gasteiger partial charge < -0.3 is 28.5 Å². The Morgan fingerprint density at radius 1 is 1.20 bits per heavy atom. The zero-order valence-corrected chi connectivity index (χ0v) is 23.3. The number of hydrogen-bond acceptors (Lipinski definition) is 9. The topological polar surface area (TPSA) is 159 Å². The Morgan fingerprint density at radius 2 is 1.90 bits per heavy atom. The van der Waals surface area contributed by atoms with E-state index in [0.29, 0.717) is 42.7 Å². The van der Waals surface area contributed by atoms with E-state index in [9.17, 15) is 24.6 Å². The zero-order valence-electron chi connectivity index (χ0n) is 23.3. The van der Waals surface area contributed by atoms with Crippen molar-refractivity contribution in [1.82, 2.24) is 14.0 Å². The molecule has 0 spiro atoms. The maximum absolute atomic E-state index is 14.1. The third-order valence-corrected chi connectivity index (χ3v) is 7.75. The summed E-state index contributed by atoms with van der Waals surface area (Å²) in [4.78, 5) is 44.2. The molecular formula is C29H33N3O9. The minimum Gasteiger partial charge on any atom is -0.496 e. The number of carboxylic acid groups (broad SMARTS) is 1. The summed E-state index contributed by atoms with van der Waals surface area (Å²) in [6, 6.07) is 7.26. The standard InChI is InChI=1S/C29H33N3O9/c1-16-23(24-30-13-14-39-24)41-26-20(25(34)32(28(37)31(16)26)29(2,3)27(35)36)15-22(19-7-5-6-8-21(19)38-4)40-18-11-9-17(33)10-12-18/h5-8,13-14,17-18,22,33H,9-12,15H2,1-4H3,(H,35,36). The highest BCUT2D eigenvalue weighted by atomic mass is 16.5. The lowest BCUT2D eigenvalue weighted by Crippen LogP contribution is -2.52. The molecule has 3 aromatic heterocycles. The first-order valence-electron chi connectivity index (χ1n) is 13.4.